The molecule has 1 N–H and O–H groups in total. The fraction of sp³-hybridized carbons (Fsp3) is 0.571. The van der Waals surface area contributed by atoms with Crippen LogP contribution >= 0.6 is 15.9 Å². The molecule has 0 aliphatic rings. The highest BCUT2D eigenvalue weighted by molar-refractivity contribution is 9.10. The Bertz CT molecular complexity index is 221. The molecule has 0 radical (unpaired) electrons. The Labute approximate surface area is 74.9 Å². The first-order valence-corrected chi connectivity index (χ1v) is 4.37. The fourth-order valence-corrected chi connectivity index (χ4v) is 1.25. The van der Waals surface area contributed by atoms with Crippen LogP contribution in [0.1, 0.15) is 13.0 Å². The Hall–Kier alpha value is -0.350. The molecule has 0 aliphatic carbocycles. The van der Waals surface area contributed by atoms with Crippen molar-refractivity contribution in [2.45, 2.75) is 13.0 Å². The monoisotopic (exact) mass is 217 g/mol. The van der Waals surface area contributed by atoms with E-state index in [4.69, 9.17) is 0 Å². The lowest BCUT2D eigenvalue weighted by molar-refractivity contribution is 0.471. The van der Waals surface area contributed by atoms with Crippen LogP contribution in [0.5, 0.6) is 0 Å². The molecule has 0 bridgehead atoms. The van der Waals surface area contributed by atoms with Gasteiger partial charge in [0.15, 0.2) is 0 Å². The Morgan fingerprint density at radius 2 is 2.55 bits per heavy atom. The molecule has 1 atom stereocenters. The van der Waals surface area contributed by atoms with E-state index in [2.05, 4.69) is 33.3 Å². The van der Waals surface area contributed by atoms with E-state index in [0.29, 0.717) is 6.04 Å². The molecule has 4 heteroatoms. The molecule has 1 unspecified atom stereocenters. The van der Waals surface area contributed by atoms with E-state index in [1.165, 1.54) is 0 Å². The number of nitrogens with one attached hydrogen (secondary N) is 1. The van der Waals surface area contributed by atoms with Crippen LogP contribution in [-0.4, -0.2) is 23.4 Å². The lowest BCUT2D eigenvalue weighted by Crippen LogP contribution is -2.20. The summed E-state index contributed by atoms with van der Waals surface area (Å²) < 4.78 is 2.96. The van der Waals surface area contributed by atoms with Crippen molar-refractivity contribution in [3.63, 3.8) is 0 Å². The maximum absolute atomic E-state index is 4.16. The molecule has 0 aromatic carbocycles. The van der Waals surface area contributed by atoms with Gasteiger partial charge >= 0.3 is 0 Å². The highest BCUT2D eigenvalue weighted by atomic mass is 79.9. The molecule has 62 valence electrons. The molecule has 0 aliphatic heterocycles. The summed E-state index contributed by atoms with van der Waals surface area (Å²) in [6.07, 6.45) is 3.77. The van der Waals surface area contributed by atoms with Crippen LogP contribution in [-0.2, 0) is 0 Å². The van der Waals surface area contributed by atoms with Gasteiger partial charge in [-0.05, 0) is 29.9 Å². The third-order valence-electron chi connectivity index (χ3n) is 1.52. The van der Waals surface area contributed by atoms with E-state index in [-0.39, 0.29) is 0 Å². The second-order valence-electron chi connectivity index (χ2n) is 2.55. The molecule has 0 amide bonds. The third kappa shape index (κ3) is 2.31. The number of likely N-dealkylation sites (N-methyl/N-ethyl adjacent to an activating group) is 1. The Kier molecular flexibility index (Phi) is 3.08. The molecule has 0 saturated heterocycles. The van der Waals surface area contributed by atoms with Crippen molar-refractivity contribution in [3.8, 4) is 0 Å². The summed E-state index contributed by atoms with van der Waals surface area (Å²) in [5, 5.41) is 7.26. The first-order chi connectivity index (χ1) is 5.24. The third-order valence-corrected chi connectivity index (χ3v) is 1.93. The zero-order valence-electron chi connectivity index (χ0n) is 6.71. The van der Waals surface area contributed by atoms with Crippen molar-refractivity contribution in [1.82, 2.24) is 15.1 Å². The van der Waals surface area contributed by atoms with Gasteiger partial charge in [0, 0.05) is 12.7 Å². The Morgan fingerprint density at radius 1 is 1.82 bits per heavy atom. The number of nitrogens with zero attached hydrogens (tertiary/aromatic N) is 2. The predicted octanol–water partition coefficient (Wildman–Crippen LogP) is 1.43. The molecule has 0 spiro atoms. The van der Waals surface area contributed by atoms with E-state index >= 15 is 0 Å². The molecule has 1 aromatic heterocycles. The second kappa shape index (κ2) is 3.88. The fourth-order valence-electron chi connectivity index (χ4n) is 0.945. The molecule has 0 saturated carbocycles. The van der Waals surface area contributed by atoms with Crippen LogP contribution in [0.2, 0.25) is 0 Å². The van der Waals surface area contributed by atoms with Crippen LogP contribution in [0.4, 0.5) is 0 Å². The summed E-state index contributed by atoms with van der Waals surface area (Å²) >= 11 is 3.35. The number of aromatic nitrogens is 2. The van der Waals surface area contributed by atoms with Gasteiger partial charge in [0.05, 0.1) is 16.7 Å². The van der Waals surface area contributed by atoms with Crippen molar-refractivity contribution < 1.29 is 0 Å². The molecule has 11 heavy (non-hydrogen) atoms. The minimum Gasteiger partial charge on any atom is -0.318 e. The highest BCUT2D eigenvalue weighted by Crippen LogP contribution is 2.10. The zero-order valence-corrected chi connectivity index (χ0v) is 8.30. The van der Waals surface area contributed by atoms with Gasteiger partial charge in [0.2, 0.25) is 0 Å². The maximum Gasteiger partial charge on any atom is 0.0632 e. The standard InChI is InChI=1S/C7H12BrN3/c1-6(3-9-2)11-5-7(8)4-10-11/h4-6,9H,3H2,1-2H3. The maximum atomic E-state index is 4.16. The van der Waals surface area contributed by atoms with Crippen LogP contribution < -0.4 is 5.32 Å². The van der Waals surface area contributed by atoms with Crippen molar-refractivity contribution >= 4 is 15.9 Å². The highest BCUT2D eigenvalue weighted by Gasteiger charge is 2.02. The van der Waals surface area contributed by atoms with Gasteiger partial charge in [-0.25, -0.2) is 0 Å². The normalized spacial score (nSPS) is 13.4. The van der Waals surface area contributed by atoms with Gasteiger partial charge in [-0.3, -0.25) is 4.68 Å². The zero-order chi connectivity index (χ0) is 8.27. The lowest BCUT2D eigenvalue weighted by atomic mass is 10.3. The minimum atomic E-state index is 0.409. The van der Waals surface area contributed by atoms with Crippen molar-refractivity contribution in [3.05, 3.63) is 16.9 Å². The van der Waals surface area contributed by atoms with Crippen LogP contribution in [0.15, 0.2) is 16.9 Å². The lowest BCUT2D eigenvalue weighted by Gasteiger charge is -2.10. The molecule has 1 rings (SSSR count). The first-order valence-electron chi connectivity index (χ1n) is 3.58. The summed E-state index contributed by atoms with van der Waals surface area (Å²) in [5.74, 6) is 0. The van der Waals surface area contributed by atoms with E-state index < -0.39 is 0 Å². The van der Waals surface area contributed by atoms with Crippen molar-refractivity contribution in [2.24, 2.45) is 0 Å². The van der Waals surface area contributed by atoms with Crippen molar-refractivity contribution in [1.29, 1.82) is 0 Å². The molecular weight excluding hydrogens is 206 g/mol. The van der Waals surface area contributed by atoms with Gasteiger partial charge in [-0.2, -0.15) is 5.10 Å². The van der Waals surface area contributed by atoms with Gasteiger partial charge in [0.25, 0.3) is 0 Å². The van der Waals surface area contributed by atoms with E-state index in [0.717, 1.165) is 11.0 Å². The molecule has 3 nitrogen and oxygen atoms in total. The molecular formula is C7H12BrN3. The number of hydrogen-bond acceptors (Lipinski definition) is 2. The van der Waals surface area contributed by atoms with E-state index in [1.54, 1.807) is 6.20 Å². The average molecular weight is 218 g/mol. The summed E-state index contributed by atoms with van der Waals surface area (Å²) in [6.45, 7) is 3.06. The Morgan fingerprint density at radius 3 is 3.00 bits per heavy atom. The summed E-state index contributed by atoms with van der Waals surface area (Å²) in [7, 11) is 1.94. The van der Waals surface area contributed by atoms with Crippen molar-refractivity contribution in [2.75, 3.05) is 13.6 Å². The number of hydrogen-bond donors (Lipinski definition) is 1. The van der Waals surface area contributed by atoms with Gasteiger partial charge in [-0.15, -0.1) is 0 Å². The predicted molar refractivity (Wildman–Crippen MR) is 48.6 cm³/mol. The number of halogens is 1. The van der Waals surface area contributed by atoms with Gasteiger partial charge < -0.3 is 5.32 Å². The van der Waals surface area contributed by atoms with Gasteiger partial charge in [-0.1, -0.05) is 0 Å². The molecule has 1 heterocycles. The summed E-state index contributed by atoms with van der Waals surface area (Å²) in [4.78, 5) is 0. The number of rotatable bonds is 3. The first kappa shape index (κ1) is 8.74. The average Bonchev–Trinajstić information content (AvgIpc) is 2.36. The largest absolute Gasteiger partial charge is 0.318 e. The smallest absolute Gasteiger partial charge is 0.0632 e. The molecule has 0 fully saturated rings. The van der Waals surface area contributed by atoms with E-state index in [9.17, 15) is 0 Å². The van der Waals surface area contributed by atoms with Crippen LogP contribution in [0.25, 0.3) is 0 Å². The van der Waals surface area contributed by atoms with E-state index in [1.807, 2.05) is 17.9 Å². The quantitative estimate of drug-likeness (QED) is 0.831. The van der Waals surface area contributed by atoms with Crippen LogP contribution in [0.3, 0.4) is 0 Å². The Balaban J connectivity index is 2.60. The second-order valence-corrected chi connectivity index (χ2v) is 3.46. The van der Waals surface area contributed by atoms with Crippen LogP contribution in [0, 0.1) is 0 Å². The minimum absolute atomic E-state index is 0.409. The summed E-state index contributed by atoms with van der Waals surface area (Å²) in [6, 6.07) is 0.409. The topological polar surface area (TPSA) is 29.9 Å². The SMILES string of the molecule is CNCC(C)n1cc(Br)cn1. The summed E-state index contributed by atoms with van der Waals surface area (Å²) in [5.41, 5.74) is 0. The van der Waals surface area contributed by atoms with Gasteiger partial charge in [0.1, 0.15) is 0 Å². The molecule has 1 aromatic rings.